The first kappa shape index (κ1) is 36.4. The number of anilines is 1. The van der Waals surface area contributed by atoms with Crippen molar-refractivity contribution in [1.82, 2.24) is 34.4 Å². The number of carbonyl (C=O) groups excluding carboxylic acids is 2. The van der Waals surface area contributed by atoms with Gasteiger partial charge in [0.25, 0.3) is 5.91 Å². The third-order valence-electron chi connectivity index (χ3n) is 9.18. The van der Waals surface area contributed by atoms with Gasteiger partial charge in [0.2, 0.25) is 11.3 Å². The van der Waals surface area contributed by atoms with Crippen LogP contribution in [0.25, 0.3) is 16.9 Å². The lowest BCUT2D eigenvalue weighted by Crippen LogP contribution is -2.39. The average Bonchev–Trinajstić information content (AvgIpc) is 3.54. The molecule has 1 fully saturated rings. The van der Waals surface area contributed by atoms with Crippen LogP contribution in [0.4, 0.5) is 18.9 Å². The average molecular weight is 739 g/mol. The molecule has 1 aliphatic heterocycles. The van der Waals surface area contributed by atoms with Crippen molar-refractivity contribution in [1.29, 1.82) is 0 Å². The van der Waals surface area contributed by atoms with Crippen LogP contribution in [0.3, 0.4) is 0 Å². The molecule has 0 aliphatic carbocycles. The van der Waals surface area contributed by atoms with E-state index in [0.717, 1.165) is 18.2 Å². The van der Waals surface area contributed by atoms with Crippen molar-refractivity contribution in [2.24, 2.45) is 0 Å². The first-order chi connectivity index (χ1) is 24.4. The van der Waals surface area contributed by atoms with Gasteiger partial charge in [-0.25, -0.2) is 9.97 Å². The fraction of sp³-hybridized carbons (Fsp3) is 0.343. The van der Waals surface area contributed by atoms with Gasteiger partial charge in [-0.15, -0.1) is 15.0 Å². The van der Waals surface area contributed by atoms with Crippen LogP contribution in [0, 0.1) is 13.8 Å². The van der Waals surface area contributed by atoms with E-state index in [1.807, 2.05) is 0 Å². The number of aromatic nitrogens is 6. The van der Waals surface area contributed by atoms with E-state index in [0.29, 0.717) is 35.3 Å². The summed E-state index contributed by atoms with van der Waals surface area (Å²) < 4.78 is 41.1. The second-order valence-electron chi connectivity index (χ2n) is 13.1. The molecule has 0 radical (unpaired) electrons. The predicted molar refractivity (Wildman–Crippen MR) is 185 cm³/mol. The minimum absolute atomic E-state index is 0.0209. The maximum absolute atomic E-state index is 14.2. The molecule has 1 saturated heterocycles. The molecule has 52 heavy (non-hydrogen) atoms. The van der Waals surface area contributed by atoms with Crippen molar-refractivity contribution in [2.45, 2.75) is 64.8 Å². The van der Waals surface area contributed by atoms with Crippen molar-refractivity contribution in [2.75, 3.05) is 18.4 Å². The number of hydrogen-bond donors (Lipinski definition) is 3. The van der Waals surface area contributed by atoms with Crippen molar-refractivity contribution in [3.05, 3.63) is 97.8 Å². The molecule has 17 heteroatoms. The zero-order chi connectivity index (χ0) is 37.7. The van der Waals surface area contributed by atoms with Crippen molar-refractivity contribution >= 4 is 40.3 Å². The van der Waals surface area contributed by atoms with Gasteiger partial charge >= 0.3 is 6.18 Å². The van der Waals surface area contributed by atoms with Crippen LogP contribution < -0.4 is 10.7 Å². The number of aryl methyl sites for hydroxylation is 1. The van der Waals surface area contributed by atoms with Gasteiger partial charge in [-0.1, -0.05) is 23.7 Å². The number of piperidine rings is 1. The minimum atomic E-state index is -4.62. The third kappa shape index (κ3) is 7.08. The van der Waals surface area contributed by atoms with E-state index in [1.165, 1.54) is 15.7 Å². The molecule has 272 valence electrons. The number of amides is 2. The molecule has 1 aliphatic rings. The Balaban J connectivity index is 1.35. The summed E-state index contributed by atoms with van der Waals surface area (Å²) in [6.07, 6.45) is -2.68. The smallest absolute Gasteiger partial charge is 0.416 e. The number of likely N-dealkylation sites (tertiary alicyclic amines) is 1. The number of alkyl halides is 3. The Bertz CT molecular complexity index is 2260. The van der Waals surface area contributed by atoms with Crippen LogP contribution in [0.1, 0.15) is 71.2 Å². The lowest BCUT2D eigenvalue weighted by Gasteiger charge is -2.32. The Morgan fingerprint density at radius 2 is 1.65 bits per heavy atom. The summed E-state index contributed by atoms with van der Waals surface area (Å²) in [5, 5.41) is 32.1. The molecule has 0 bridgehead atoms. The van der Waals surface area contributed by atoms with E-state index in [4.69, 9.17) is 11.6 Å². The summed E-state index contributed by atoms with van der Waals surface area (Å²) in [6, 6.07) is 9.35. The molecule has 13 nitrogen and oxygen atoms in total. The number of fused-ring (bicyclic) bond motifs is 1. The summed E-state index contributed by atoms with van der Waals surface area (Å²) in [5.74, 6) is -1.77. The van der Waals surface area contributed by atoms with Gasteiger partial charge in [0.1, 0.15) is 12.9 Å². The lowest BCUT2D eigenvalue weighted by molar-refractivity contribution is -0.137. The van der Waals surface area contributed by atoms with E-state index >= 15 is 0 Å². The number of pyridine rings is 1. The summed E-state index contributed by atoms with van der Waals surface area (Å²) in [6.45, 7) is 6.61. The predicted octanol–water partition coefficient (Wildman–Crippen LogP) is 5.25. The van der Waals surface area contributed by atoms with Gasteiger partial charge in [-0.3, -0.25) is 14.4 Å². The molecule has 0 unspecified atom stereocenters. The maximum Gasteiger partial charge on any atom is 0.416 e. The van der Waals surface area contributed by atoms with Crippen LogP contribution in [0.15, 0.2) is 53.6 Å². The monoisotopic (exact) mass is 738 g/mol. The van der Waals surface area contributed by atoms with Gasteiger partial charge in [0.15, 0.2) is 22.6 Å². The molecular formula is C35H34ClF3N8O5. The summed E-state index contributed by atoms with van der Waals surface area (Å²) in [5.41, 5.74) is -0.367. The summed E-state index contributed by atoms with van der Waals surface area (Å²) in [7, 11) is 0. The third-order valence-corrected chi connectivity index (χ3v) is 9.49. The number of aliphatic hydroxyl groups is 1. The molecule has 0 atom stereocenters. The van der Waals surface area contributed by atoms with Crippen LogP contribution >= 0.6 is 11.6 Å². The Morgan fingerprint density at radius 1 is 1.00 bits per heavy atom. The fourth-order valence-corrected chi connectivity index (χ4v) is 6.51. The second-order valence-corrected chi connectivity index (χ2v) is 13.6. The molecule has 0 spiro atoms. The van der Waals surface area contributed by atoms with E-state index in [-0.39, 0.29) is 58.0 Å². The Morgan fingerprint density at radius 3 is 2.27 bits per heavy atom. The minimum Gasteiger partial charge on any atom is -0.504 e. The first-order valence-electron chi connectivity index (χ1n) is 16.2. The summed E-state index contributed by atoms with van der Waals surface area (Å²) >= 11 is 6.10. The Kier molecular flexibility index (Phi) is 9.57. The largest absolute Gasteiger partial charge is 0.504 e. The fourth-order valence-electron chi connectivity index (χ4n) is 6.29. The van der Waals surface area contributed by atoms with E-state index in [9.17, 15) is 37.8 Å². The SMILES string of the molecule is Cc1ncnc(C(=O)N2CCC(c3c(C)n(CC(=O)Nc4ccc(C(F)(F)F)cc4Cl)c4nn(-c5ccc(C(C)(C)O)cc5)nc4c3=O)CC2)c1O. The van der Waals surface area contributed by atoms with E-state index in [1.54, 1.807) is 56.9 Å². The highest BCUT2D eigenvalue weighted by molar-refractivity contribution is 6.33. The van der Waals surface area contributed by atoms with E-state index < -0.39 is 41.1 Å². The Labute approximate surface area is 299 Å². The normalized spacial score (nSPS) is 14.2. The molecule has 2 amide bonds. The molecule has 2 aromatic carbocycles. The highest BCUT2D eigenvalue weighted by atomic mass is 35.5. The molecule has 5 aromatic rings. The quantitative estimate of drug-likeness (QED) is 0.202. The number of nitrogens with zero attached hydrogens (tertiary/aromatic N) is 7. The van der Waals surface area contributed by atoms with Crippen molar-refractivity contribution < 1.29 is 33.0 Å². The first-order valence-corrected chi connectivity index (χ1v) is 16.6. The number of benzene rings is 2. The zero-order valence-corrected chi connectivity index (χ0v) is 29.2. The van der Waals surface area contributed by atoms with Crippen LogP contribution in [0.2, 0.25) is 5.02 Å². The maximum atomic E-state index is 14.2. The second kappa shape index (κ2) is 13.7. The van der Waals surface area contributed by atoms with E-state index in [2.05, 4.69) is 25.5 Å². The van der Waals surface area contributed by atoms with Crippen molar-refractivity contribution in [3.8, 4) is 11.4 Å². The number of hydrogen-bond acceptors (Lipinski definition) is 9. The molecule has 3 aromatic heterocycles. The van der Waals surface area contributed by atoms with Crippen LogP contribution in [-0.4, -0.2) is 69.5 Å². The van der Waals surface area contributed by atoms with Crippen LogP contribution in [0.5, 0.6) is 5.75 Å². The van der Waals surface area contributed by atoms with Gasteiger partial charge in [-0.2, -0.15) is 13.2 Å². The number of halogens is 4. The number of aromatic hydroxyl groups is 1. The van der Waals surface area contributed by atoms with Gasteiger partial charge in [0.05, 0.1) is 33.3 Å². The van der Waals surface area contributed by atoms with Crippen molar-refractivity contribution in [3.63, 3.8) is 0 Å². The molecule has 0 saturated carbocycles. The highest BCUT2D eigenvalue weighted by Crippen LogP contribution is 2.35. The Hall–Kier alpha value is -5.35. The molecule has 4 heterocycles. The highest BCUT2D eigenvalue weighted by Gasteiger charge is 2.33. The van der Waals surface area contributed by atoms with Gasteiger partial charge < -0.3 is 25.0 Å². The molecular weight excluding hydrogens is 705 g/mol. The van der Waals surface area contributed by atoms with Gasteiger partial charge in [-0.05, 0) is 82.3 Å². The van der Waals surface area contributed by atoms with Gasteiger partial charge in [0, 0.05) is 24.3 Å². The van der Waals surface area contributed by atoms with Crippen LogP contribution in [-0.2, 0) is 23.1 Å². The number of nitrogens with one attached hydrogen (secondary N) is 1. The summed E-state index contributed by atoms with van der Waals surface area (Å²) in [4.78, 5) is 51.5. The molecule has 6 rings (SSSR count). The topological polar surface area (TPSA) is 168 Å². The number of rotatable bonds is 7. The lowest BCUT2D eigenvalue weighted by atomic mass is 9.87. The molecule has 3 N–H and O–H groups in total. The number of carbonyl (C=O) groups is 2. The zero-order valence-electron chi connectivity index (χ0n) is 28.5. The standard InChI is InChI=1S/C35H34ClF3N8O5/c1-18-30(49)29(41-17-40-18)33(51)45-13-11-20(12-14-45)27-19(2)46(16-26(48)42-25-10-7-22(15-24(25)36)35(37,38)39)32-28(31(27)50)43-47(44-32)23-8-5-21(6-9-23)34(3,4)52/h5-10,15,17,20,49,52H,11-14,16H2,1-4H3,(H,42,48).